The van der Waals surface area contributed by atoms with E-state index in [2.05, 4.69) is 5.32 Å². The number of alkyl carbamates (subject to hydrolysis) is 1. The van der Waals surface area contributed by atoms with E-state index in [9.17, 15) is 14.7 Å². The van der Waals surface area contributed by atoms with Gasteiger partial charge in [0.1, 0.15) is 0 Å². The Morgan fingerprint density at radius 3 is 2.81 bits per heavy atom. The summed E-state index contributed by atoms with van der Waals surface area (Å²) < 4.78 is 4.92. The monoisotopic (exact) mass is 292 g/mol. The maximum atomic E-state index is 12.3. The summed E-state index contributed by atoms with van der Waals surface area (Å²) in [6.45, 7) is 2.77. The third kappa shape index (κ3) is 3.52. The van der Waals surface area contributed by atoms with Gasteiger partial charge in [0.25, 0.3) is 11.7 Å². The molecule has 1 heterocycles. The quantitative estimate of drug-likeness (QED) is 0.639. The molecule has 0 aliphatic carbocycles. The van der Waals surface area contributed by atoms with Crippen LogP contribution in [-0.2, 0) is 9.53 Å². The van der Waals surface area contributed by atoms with Gasteiger partial charge in [0.15, 0.2) is 0 Å². The van der Waals surface area contributed by atoms with Crippen molar-refractivity contribution in [3.05, 3.63) is 30.3 Å². The van der Waals surface area contributed by atoms with Crippen LogP contribution in [0.2, 0.25) is 0 Å². The highest BCUT2D eigenvalue weighted by Gasteiger charge is 2.49. The Labute approximate surface area is 123 Å². The molecule has 1 fully saturated rings. The van der Waals surface area contributed by atoms with Gasteiger partial charge in [0, 0.05) is 25.2 Å². The third-order valence-corrected chi connectivity index (χ3v) is 3.38. The summed E-state index contributed by atoms with van der Waals surface area (Å²) in [5, 5.41) is 12.8. The van der Waals surface area contributed by atoms with E-state index >= 15 is 0 Å². The van der Waals surface area contributed by atoms with Crippen molar-refractivity contribution in [1.82, 2.24) is 5.32 Å². The number of anilines is 1. The van der Waals surface area contributed by atoms with Gasteiger partial charge in [-0.15, -0.1) is 0 Å². The number of aliphatic hydroxyl groups is 1. The molecule has 1 atom stereocenters. The molecule has 1 aromatic carbocycles. The van der Waals surface area contributed by atoms with Crippen molar-refractivity contribution >= 4 is 17.7 Å². The van der Waals surface area contributed by atoms with Crippen LogP contribution in [0.15, 0.2) is 30.3 Å². The Balaban J connectivity index is 1.98. The second-order valence-corrected chi connectivity index (χ2v) is 5.00. The highest BCUT2D eigenvalue weighted by molar-refractivity contribution is 6.01. The van der Waals surface area contributed by atoms with E-state index in [4.69, 9.17) is 4.74 Å². The summed E-state index contributed by atoms with van der Waals surface area (Å²) in [5.41, 5.74) is 0.674. The number of carbonyl (C=O) groups excluding carboxylic acids is 2. The van der Waals surface area contributed by atoms with Crippen molar-refractivity contribution in [3.63, 3.8) is 0 Å². The highest BCUT2D eigenvalue weighted by atomic mass is 16.7. The van der Waals surface area contributed by atoms with Gasteiger partial charge in [0.2, 0.25) is 0 Å². The van der Waals surface area contributed by atoms with Crippen LogP contribution in [0.5, 0.6) is 0 Å². The molecule has 1 aliphatic heterocycles. The van der Waals surface area contributed by atoms with Gasteiger partial charge < -0.3 is 20.1 Å². The molecule has 114 valence electrons. The summed E-state index contributed by atoms with van der Waals surface area (Å²) in [5.74, 6) is -2.69. The Bertz CT molecular complexity index is 506. The van der Waals surface area contributed by atoms with E-state index in [0.29, 0.717) is 18.8 Å². The Hall–Kier alpha value is -2.08. The van der Waals surface area contributed by atoms with Crippen molar-refractivity contribution in [3.8, 4) is 0 Å². The van der Waals surface area contributed by atoms with Gasteiger partial charge >= 0.3 is 6.09 Å². The molecule has 2 N–H and O–H groups in total. The molecule has 6 nitrogen and oxygen atoms in total. The van der Waals surface area contributed by atoms with Gasteiger partial charge in [-0.25, -0.2) is 4.79 Å². The van der Waals surface area contributed by atoms with Crippen molar-refractivity contribution in [2.24, 2.45) is 0 Å². The molecule has 21 heavy (non-hydrogen) atoms. The standard InChI is InChI=1S/C15H20N2O4/c1-2-3-10-16-14(19)21-15(20)9-11-17(13(15)18)12-7-5-4-6-8-12/h4-8,20H,2-3,9-11H2,1H3,(H,16,19)/t15-/m0/s1. The lowest BCUT2D eigenvalue weighted by Crippen LogP contribution is -2.46. The van der Waals surface area contributed by atoms with E-state index in [0.717, 1.165) is 12.8 Å². The molecule has 0 aromatic heterocycles. The van der Waals surface area contributed by atoms with Crippen LogP contribution in [-0.4, -0.2) is 36.0 Å². The minimum Gasteiger partial charge on any atom is -0.407 e. The van der Waals surface area contributed by atoms with Gasteiger partial charge in [-0.1, -0.05) is 31.5 Å². The molecule has 1 aliphatic rings. The van der Waals surface area contributed by atoms with Crippen LogP contribution in [0.1, 0.15) is 26.2 Å². The van der Waals surface area contributed by atoms with Gasteiger partial charge in [-0.2, -0.15) is 0 Å². The fourth-order valence-corrected chi connectivity index (χ4v) is 2.19. The zero-order chi connectivity index (χ0) is 15.3. The van der Waals surface area contributed by atoms with Crippen LogP contribution in [0, 0.1) is 0 Å². The van der Waals surface area contributed by atoms with Gasteiger partial charge in [0.05, 0.1) is 0 Å². The lowest BCUT2D eigenvalue weighted by atomic mass is 10.2. The number of benzene rings is 1. The number of hydrogen-bond donors (Lipinski definition) is 2. The number of rotatable bonds is 5. The average molecular weight is 292 g/mol. The minimum atomic E-state index is -2.08. The van der Waals surface area contributed by atoms with Crippen molar-refractivity contribution in [1.29, 1.82) is 0 Å². The first-order valence-electron chi connectivity index (χ1n) is 7.13. The molecule has 0 saturated carbocycles. The number of unbranched alkanes of at least 4 members (excludes halogenated alkanes) is 1. The van der Waals surface area contributed by atoms with E-state index in [1.807, 2.05) is 13.0 Å². The number of amides is 2. The van der Waals surface area contributed by atoms with Crippen molar-refractivity contribution in [2.45, 2.75) is 32.0 Å². The first-order valence-corrected chi connectivity index (χ1v) is 7.13. The van der Waals surface area contributed by atoms with Crippen molar-refractivity contribution < 1.29 is 19.4 Å². The zero-order valence-corrected chi connectivity index (χ0v) is 12.0. The van der Waals surface area contributed by atoms with E-state index in [1.54, 1.807) is 24.3 Å². The second-order valence-electron chi connectivity index (χ2n) is 5.00. The Morgan fingerprint density at radius 2 is 2.14 bits per heavy atom. The van der Waals surface area contributed by atoms with Crippen LogP contribution in [0.3, 0.4) is 0 Å². The maximum Gasteiger partial charge on any atom is 0.410 e. The largest absolute Gasteiger partial charge is 0.410 e. The van der Waals surface area contributed by atoms with Crippen LogP contribution in [0.4, 0.5) is 10.5 Å². The lowest BCUT2D eigenvalue weighted by molar-refractivity contribution is -0.175. The smallest absolute Gasteiger partial charge is 0.407 e. The molecular weight excluding hydrogens is 272 g/mol. The summed E-state index contributed by atoms with van der Waals surface area (Å²) in [6.07, 6.45) is 1.04. The first-order chi connectivity index (χ1) is 10.1. The van der Waals surface area contributed by atoms with E-state index in [-0.39, 0.29) is 6.42 Å². The van der Waals surface area contributed by atoms with Gasteiger partial charge in [-0.05, 0) is 18.6 Å². The topological polar surface area (TPSA) is 78.9 Å². The molecule has 0 radical (unpaired) electrons. The Kier molecular flexibility index (Phi) is 4.80. The predicted molar refractivity (Wildman–Crippen MR) is 77.8 cm³/mol. The van der Waals surface area contributed by atoms with Gasteiger partial charge in [-0.3, -0.25) is 4.79 Å². The summed E-state index contributed by atoms with van der Waals surface area (Å²) >= 11 is 0. The predicted octanol–water partition coefficient (Wildman–Crippen LogP) is 1.64. The molecule has 2 rings (SSSR count). The number of hydrogen-bond acceptors (Lipinski definition) is 4. The summed E-state index contributed by atoms with van der Waals surface area (Å²) in [6, 6.07) is 8.99. The number of nitrogens with one attached hydrogen (secondary N) is 1. The van der Waals surface area contributed by atoms with E-state index in [1.165, 1.54) is 4.90 Å². The fraction of sp³-hybridized carbons (Fsp3) is 0.467. The first kappa shape index (κ1) is 15.3. The molecule has 2 amide bonds. The van der Waals surface area contributed by atoms with Crippen molar-refractivity contribution in [2.75, 3.05) is 18.0 Å². The number of ether oxygens (including phenoxy) is 1. The van der Waals surface area contributed by atoms with Crippen LogP contribution < -0.4 is 10.2 Å². The average Bonchev–Trinajstić information content (AvgIpc) is 2.76. The Morgan fingerprint density at radius 1 is 1.43 bits per heavy atom. The molecule has 1 aromatic rings. The molecular formula is C15H20N2O4. The maximum absolute atomic E-state index is 12.3. The normalized spacial score (nSPS) is 21.4. The number of carbonyl (C=O) groups is 2. The molecule has 1 saturated heterocycles. The van der Waals surface area contributed by atoms with Crippen LogP contribution in [0.25, 0.3) is 0 Å². The number of para-hydroxylation sites is 1. The molecule has 6 heteroatoms. The van der Waals surface area contributed by atoms with E-state index < -0.39 is 17.8 Å². The van der Waals surface area contributed by atoms with Crippen LogP contribution >= 0.6 is 0 Å². The number of nitrogens with zero attached hydrogens (tertiary/aromatic N) is 1. The molecule has 0 spiro atoms. The molecule has 0 unspecified atom stereocenters. The SMILES string of the molecule is CCCCNC(=O)O[C@@]1(O)CCN(c2ccccc2)C1=O. The third-order valence-electron chi connectivity index (χ3n) is 3.38. The molecule has 0 bridgehead atoms. The summed E-state index contributed by atoms with van der Waals surface area (Å²) in [7, 11) is 0. The lowest BCUT2D eigenvalue weighted by Gasteiger charge is -2.22. The second kappa shape index (κ2) is 6.58. The highest BCUT2D eigenvalue weighted by Crippen LogP contribution is 2.29. The minimum absolute atomic E-state index is 0.0575. The zero-order valence-electron chi connectivity index (χ0n) is 12.0. The fourth-order valence-electron chi connectivity index (χ4n) is 2.19. The summed E-state index contributed by atoms with van der Waals surface area (Å²) in [4.78, 5) is 25.3.